The summed E-state index contributed by atoms with van der Waals surface area (Å²) in [5, 5.41) is 20.0. The molecule has 8 heteroatoms. The quantitative estimate of drug-likeness (QED) is 0.641. The number of nitrogens with one attached hydrogen (secondary N) is 2. The van der Waals surface area contributed by atoms with Gasteiger partial charge in [-0.3, -0.25) is 9.59 Å². The average Bonchev–Trinajstić information content (AvgIpc) is 3.18. The standard InChI is InChI=1S/C15H12N4O4/c20-12(8-16-14(21)11-6-3-7-23-11)18-19-13-9-4-1-2-5-10(9)17-15(13)22/h1-7,17,22H,8H2,(H,16,21). The van der Waals surface area contributed by atoms with Crippen LogP contribution in [0.15, 0.2) is 57.3 Å². The minimum Gasteiger partial charge on any atom is -0.493 e. The summed E-state index contributed by atoms with van der Waals surface area (Å²) < 4.78 is 4.90. The lowest BCUT2D eigenvalue weighted by Gasteiger charge is -1.98. The van der Waals surface area contributed by atoms with Crippen LogP contribution in [0, 0.1) is 0 Å². The topological polar surface area (TPSA) is 120 Å². The molecule has 0 fully saturated rings. The first-order chi connectivity index (χ1) is 11.1. The van der Waals surface area contributed by atoms with Crippen molar-refractivity contribution in [3.8, 4) is 5.88 Å². The molecule has 3 N–H and O–H groups in total. The van der Waals surface area contributed by atoms with E-state index in [4.69, 9.17) is 4.42 Å². The Morgan fingerprint density at radius 3 is 2.83 bits per heavy atom. The van der Waals surface area contributed by atoms with Crippen molar-refractivity contribution in [1.29, 1.82) is 0 Å². The minimum atomic E-state index is -0.658. The minimum absolute atomic E-state index is 0.101. The van der Waals surface area contributed by atoms with Crippen LogP contribution in [0.3, 0.4) is 0 Å². The second-order valence-electron chi connectivity index (χ2n) is 4.62. The van der Waals surface area contributed by atoms with Crippen molar-refractivity contribution >= 4 is 28.4 Å². The number of azo groups is 1. The lowest BCUT2D eigenvalue weighted by molar-refractivity contribution is -0.117. The fourth-order valence-corrected chi connectivity index (χ4v) is 2.01. The van der Waals surface area contributed by atoms with E-state index < -0.39 is 11.8 Å². The SMILES string of the molecule is O=C(CNC(=O)c1ccco1)N=Nc1c(O)[nH]c2ccccc12. The van der Waals surface area contributed by atoms with Crippen LogP contribution in [0.25, 0.3) is 10.9 Å². The molecule has 2 amide bonds. The highest BCUT2D eigenvalue weighted by Gasteiger charge is 2.12. The number of hydrogen-bond acceptors (Lipinski definition) is 5. The van der Waals surface area contributed by atoms with Crippen molar-refractivity contribution < 1.29 is 19.1 Å². The van der Waals surface area contributed by atoms with Gasteiger partial charge in [-0.15, -0.1) is 10.2 Å². The van der Waals surface area contributed by atoms with Crippen LogP contribution in [0.2, 0.25) is 0 Å². The van der Waals surface area contributed by atoms with Crippen molar-refractivity contribution in [2.45, 2.75) is 0 Å². The Morgan fingerprint density at radius 1 is 1.22 bits per heavy atom. The number of benzene rings is 1. The maximum Gasteiger partial charge on any atom is 0.287 e. The Morgan fingerprint density at radius 2 is 2.04 bits per heavy atom. The van der Waals surface area contributed by atoms with Gasteiger partial charge >= 0.3 is 0 Å². The van der Waals surface area contributed by atoms with E-state index in [-0.39, 0.29) is 23.9 Å². The van der Waals surface area contributed by atoms with E-state index in [1.807, 2.05) is 0 Å². The van der Waals surface area contributed by atoms with Crippen LogP contribution < -0.4 is 5.32 Å². The van der Waals surface area contributed by atoms with E-state index in [1.165, 1.54) is 12.3 Å². The number of para-hydroxylation sites is 1. The van der Waals surface area contributed by atoms with E-state index in [2.05, 4.69) is 20.5 Å². The van der Waals surface area contributed by atoms with E-state index in [0.717, 1.165) is 0 Å². The third-order valence-corrected chi connectivity index (χ3v) is 3.07. The molecular weight excluding hydrogens is 300 g/mol. The van der Waals surface area contributed by atoms with E-state index in [0.29, 0.717) is 10.9 Å². The first-order valence-corrected chi connectivity index (χ1v) is 6.71. The maximum atomic E-state index is 11.7. The van der Waals surface area contributed by atoms with Gasteiger partial charge in [0.1, 0.15) is 6.54 Å². The van der Waals surface area contributed by atoms with Crippen LogP contribution in [0.4, 0.5) is 5.69 Å². The number of aromatic nitrogens is 1. The highest BCUT2D eigenvalue weighted by atomic mass is 16.3. The van der Waals surface area contributed by atoms with Crippen molar-refractivity contribution in [3.63, 3.8) is 0 Å². The molecule has 0 aliphatic carbocycles. The molecule has 0 saturated carbocycles. The normalized spacial score (nSPS) is 11.1. The summed E-state index contributed by atoms with van der Waals surface area (Å²) in [7, 11) is 0. The van der Waals surface area contributed by atoms with Gasteiger partial charge in [-0.2, -0.15) is 0 Å². The average molecular weight is 312 g/mol. The van der Waals surface area contributed by atoms with Crippen molar-refractivity contribution in [2.75, 3.05) is 6.54 Å². The number of aromatic hydroxyl groups is 1. The molecule has 0 radical (unpaired) electrons. The highest BCUT2D eigenvalue weighted by Crippen LogP contribution is 2.35. The highest BCUT2D eigenvalue weighted by molar-refractivity contribution is 5.95. The van der Waals surface area contributed by atoms with E-state index >= 15 is 0 Å². The summed E-state index contributed by atoms with van der Waals surface area (Å²) >= 11 is 0. The van der Waals surface area contributed by atoms with Gasteiger partial charge in [-0.05, 0) is 18.2 Å². The Kier molecular flexibility index (Phi) is 3.88. The number of amides is 2. The number of hydrogen-bond donors (Lipinski definition) is 3. The number of nitrogens with zero attached hydrogens (tertiary/aromatic N) is 2. The molecule has 0 saturated heterocycles. The van der Waals surface area contributed by atoms with Gasteiger partial charge < -0.3 is 19.8 Å². The molecule has 116 valence electrons. The summed E-state index contributed by atoms with van der Waals surface area (Å²) in [6, 6.07) is 10.1. The molecule has 0 bridgehead atoms. The molecule has 0 aliphatic rings. The third kappa shape index (κ3) is 3.10. The van der Waals surface area contributed by atoms with E-state index in [1.54, 1.807) is 30.3 Å². The predicted octanol–water partition coefficient (Wildman–Crippen LogP) is 2.51. The molecule has 0 unspecified atom stereocenters. The van der Waals surface area contributed by atoms with Gasteiger partial charge in [0.05, 0.1) is 11.8 Å². The first-order valence-electron chi connectivity index (χ1n) is 6.71. The fraction of sp³-hybridized carbons (Fsp3) is 0.0667. The van der Waals surface area contributed by atoms with Gasteiger partial charge in [0.15, 0.2) is 11.4 Å². The number of furan rings is 1. The molecule has 2 aromatic heterocycles. The van der Waals surface area contributed by atoms with Crippen LogP contribution in [-0.2, 0) is 4.79 Å². The fourth-order valence-electron chi connectivity index (χ4n) is 2.01. The summed E-state index contributed by atoms with van der Waals surface area (Å²) in [6.07, 6.45) is 1.36. The molecule has 0 atom stereocenters. The monoisotopic (exact) mass is 312 g/mol. The number of carbonyl (C=O) groups excluding carboxylic acids is 2. The molecule has 3 rings (SSSR count). The summed E-state index contributed by atoms with van der Waals surface area (Å²) in [5.41, 5.74) is 0.851. The smallest absolute Gasteiger partial charge is 0.287 e. The number of carbonyl (C=O) groups is 2. The van der Waals surface area contributed by atoms with Gasteiger partial charge in [0.2, 0.25) is 5.88 Å². The molecule has 1 aromatic carbocycles. The van der Waals surface area contributed by atoms with Gasteiger partial charge in [-0.1, -0.05) is 18.2 Å². The van der Waals surface area contributed by atoms with Crippen molar-refractivity contribution in [2.24, 2.45) is 10.2 Å². The molecule has 2 heterocycles. The zero-order valence-electron chi connectivity index (χ0n) is 11.8. The summed E-state index contributed by atoms with van der Waals surface area (Å²) in [6.45, 7) is -0.327. The van der Waals surface area contributed by atoms with Crippen LogP contribution in [-0.4, -0.2) is 28.4 Å². The second kappa shape index (κ2) is 6.14. The first kappa shape index (κ1) is 14.5. The zero-order valence-corrected chi connectivity index (χ0v) is 11.8. The molecular formula is C15H12N4O4. The van der Waals surface area contributed by atoms with Crippen LogP contribution in [0.5, 0.6) is 5.88 Å². The van der Waals surface area contributed by atoms with Crippen molar-refractivity contribution in [3.05, 3.63) is 48.4 Å². The Hall–Kier alpha value is -3.42. The number of aromatic amines is 1. The van der Waals surface area contributed by atoms with Gasteiger partial charge in [-0.25, -0.2) is 0 Å². The lowest BCUT2D eigenvalue weighted by Crippen LogP contribution is -2.28. The number of fused-ring (bicyclic) bond motifs is 1. The van der Waals surface area contributed by atoms with Crippen LogP contribution in [0.1, 0.15) is 10.6 Å². The predicted molar refractivity (Wildman–Crippen MR) is 80.5 cm³/mol. The zero-order chi connectivity index (χ0) is 16.2. The molecule has 8 nitrogen and oxygen atoms in total. The van der Waals surface area contributed by atoms with Gasteiger partial charge in [0, 0.05) is 5.39 Å². The maximum absolute atomic E-state index is 11.7. The molecule has 23 heavy (non-hydrogen) atoms. The number of rotatable bonds is 4. The second-order valence-corrected chi connectivity index (χ2v) is 4.62. The number of H-pyrrole nitrogens is 1. The Balaban J connectivity index is 1.66. The van der Waals surface area contributed by atoms with Crippen molar-refractivity contribution in [1.82, 2.24) is 10.3 Å². The van der Waals surface area contributed by atoms with E-state index in [9.17, 15) is 14.7 Å². The molecule has 0 aliphatic heterocycles. The third-order valence-electron chi connectivity index (χ3n) is 3.07. The largest absolute Gasteiger partial charge is 0.493 e. The van der Waals surface area contributed by atoms with Gasteiger partial charge in [0.25, 0.3) is 11.8 Å². The molecule has 0 spiro atoms. The Bertz CT molecular complexity index is 880. The van der Waals surface area contributed by atoms with Crippen LogP contribution >= 0.6 is 0 Å². The molecule has 3 aromatic rings. The Labute approximate surface area is 129 Å². The lowest BCUT2D eigenvalue weighted by atomic mass is 10.2. The summed E-state index contributed by atoms with van der Waals surface area (Å²) in [5.74, 6) is -1.26. The summed E-state index contributed by atoms with van der Waals surface area (Å²) in [4.78, 5) is 26.0.